The predicted octanol–water partition coefficient (Wildman–Crippen LogP) is 2.76. The van der Waals surface area contributed by atoms with Gasteiger partial charge in [-0.1, -0.05) is 6.07 Å². The first-order valence-electron chi connectivity index (χ1n) is 11.1. The first kappa shape index (κ1) is 19.0. The summed E-state index contributed by atoms with van der Waals surface area (Å²) in [6.45, 7) is 2.57. The molecule has 4 aliphatic carbocycles. The van der Waals surface area contributed by atoms with Gasteiger partial charge in [0.2, 0.25) is 11.7 Å². The number of para-hydroxylation sites is 1. The van der Waals surface area contributed by atoms with Gasteiger partial charge in [-0.2, -0.15) is 0 Å². The molecule has 6 rings (SSSR count). The molecule has 6 heteroatoms. The molecule has 1 aromatic carbocycles. The Morgan fingerprint density at radius 3 is 2.55 bits per heavy atom. The van der Waals surface area contributed by atoms with Gasteiger partial charge in [0, 0.05) is 25.0 Å². The van der Waals surface area contributed by atoms with Crippen molar-refractivity contribution in [1.29, 1.82) is 0 Å². The van der Waals surface area contributed by atoms with Crippen molar-refractivity contribution in [3.8, 4) is 17.2 Å². The Morgan fingerprint density at radius 1 is 1.14 bits per heavy atom. The van der Waals surface area contributed by atoms with Gasteiger partial charge in [0.15, 0.2) is 11.5 Å². The van der Waals surface area contributed by atoms with E-state index in [2.05, 4.69) is 10.6 Å². The normalized spacial score (nSPS) is 34.1. The highest BCUT2D eigenvalue weighted by Crippen LogP contribution is 2.60. The standard InChI is InChI=1S/C23H32N2O4/c1-27-19-3-2-4-20-21(19)29-18(14-28-20)13-24-5-6-25-22(26)23-10-15-7-16(11-23)9-17(8-15)12-23/h2-4,15-18,24H,5-14H2,1H3,(H,25,26). The summed E-state index contributed by atoms with van der Waals surface area (Å²) in [6, 6.07) is 5.66. The van der Waals surface area contributed by atoms with Crippen LogP contribution in [0, 0.1) is 23.2 Å². The fourth-order valence-corrected chi connectivity index (χ4v) is 6.47. The number of benzene rings is 1. The van der Waals surface area contributed by atoms with Crippen LogP contribution in [0.4, 0.5) is 0 Å². The summed E-state index contributed by atoms with van der Waals surface area (Å²) < 4.78 is 17.2. The smallest absolute Gasteiger partial charge is 0.226 e. The van der Waals surface area contributed by atoms with Gasteiger partial charge in [0.25, 0.3) is 0 Å². The largest absolute Gasteiger partial charge is 0.493 e. The molecule has 1 atom stereocenters. The number of methoxy groups -OCH3 is 1. The summed E-state index contributed by atoms with van der Waals surface area (Å²) in [6.07, 6.45) is 7.38. The highest BCUT2D eigenvalue weighted by atomic mass is 16.6. The highest BCUT2D eigenvalue weighted by molar-refractivity contribution is 5.83. The molecular weight excluding hydrogens is 368 g/mol. The van der Waals surface area contributed by atoms with Gasteiger partial charge in [0.1, 0.15) is 12.7 Å². The molecule has 2 N–H and O–H groups in total. The molecule has 0 spiro atoms. The topological polar surface area (TPSA) is 68.8 Å². The zero-order chi connectivity index (χ0) is 19.8. The van der Waals surface area contributed by atoms with Crippen molar-refractivity contribution in [2.24, 2.45) is 23.2 Å². The third-order valence-electron chi connectivity index (χ3n) is 7.35. The van der Waals surface area contributed by atoms with Gasteiger partial charge in [-0.05, 0) is 68.4 Å². The minimum absolute atomic E-state index is 0.0602. The molecule has 0 radical (unpaired) electrons. The van der Waals surface area contributed by atoms with Crippen LogP contribution in [0.5, 0.6) is 17.2 Å². The average molecular weight is 401 g/mol. The Bertz CT molecular complexity index is 716. The number of hydrogen-bond acceptors (Lipinski definition) is 5. The molecular formula is C23H32N2O4. The number of hydrogen-bond donors (Lipinski definition) is 2. The molecule has 0 saturated heterocycles. The van der Waals surface area contributed by atoms with E-state index in [1.54, 1.807) is 7.11 Å². The summed E-state index contributed by atoms with van der Waals surface area (Å²) >= 11 is 0. The monoisotopic (exact) mass is 400 g/mol. The molecule has 29 heavy (non-hydrogen) atoms. The van der Waals surface area contributed by atoms with E-state index in [4.69, 9.17) is 14.2 Å². The van der Waals surface area contributed by atoms with E-state index >= 15 is 0 Å². The number of rotatable bonds is 7. The first-order valence-corrected chi connectivity index (χ1v) is 11.1. The molecule has 4 saturated carbocycles. The molecule has 4 bridgehead atoms. The quantitative estimate of drug-likeness (QED) is 0.689. The average Bonchev–Trinajstić information content (AvgIpc) is 2.72. The Labute approximate surface area is 172 Å². The van der Waals surface area contributed by atoms with Crippen LogP contribution < -0.4 is 24.8 Å². The molecule has 5 aliphatic rings. The van der Waals surface area contributed by atoms with E-state index in [-0.39, 0.29) is 11.5 Å². The van der Waals surface area contributed by atoms with Gasteiger partial charge in [-0.15, -0.1) is 0 Å². The first-order chi connectivity index (χ1) is 14.1. The molecule has 1 amide bonds. The van der Waals surface area contributed by atoms with E-state index in [0.717, 1.165) is 49.3 Å². The summed E-state index contributed by atoms with van der Waals surface area (Å²) in [5.41, 5.74) is -0.0602. The lowest BCUT2D eigenvalue weighted by Gasteiger charge is -2.55. The minimum atomic E-state index is -0.0716. The summed E-state index contributed by atoms with van der Waals surface area (Å²) in [5.74, 6) is 4.78. The van der Waals surface area contributed by atoms with Crippen molar-refractivity contribution in [2.75, 3.05) is 33.4 Å². The predicted molar refractivity (Wildman–Crippen MR) is 109 cm³/mol. The SMILES string of the molecule is COc1cccc2c1OC(CNCCNC(=O)C13CC4CC(CC(C4)C1)C3)CO2. The van der Waals surface area contributed by atoms with Crippen LogP contribution in [0.25, 0.3) is 0 Å². The molecule has 1 unspecified atom stereocenters. The summed E-state index contributed by atoms with van der Waals surface area (Å²) in [4.78, 5) is 13.0. The van der Waals surface area contributed by atoms with Crippen LogP contribution in [0.15, 0.2) is 18.2 Å². The number of fused-ring (bicyclic) bond motifs is 1. The molecule has 6 nitrogen and oxygen atoms in total. The second-order valence-corrected chi connectivity index (χ2v) is 9.50. The maximum atomic E-state index is 13.0. The van der Waals surface area contributed by atoms with Crippen LogP contribution in [-0.2, 0) is 4.79 Å². The molecule has 4 fully saturated rings. The van der Waals surface area contributed by atoms with Crippen LogP contribution >= 0.6 is 0 Å². The lowest BCUT2D eigenvalue weighted by Crippen LogP contribution is -2.54. The number of ether oxygens (including phenoxy) is 3. The van der Waals surface area contributed by atoms with E-state index in [1.165, 1.54) is 19.3 Å². The summed E-state index contributed by atoms with van der Waals surface area (Å²) in [7, 11) is 1.63. The van der Waals surface area contributed by atoms with Gasteiger partial charge >= 0.3 is 0 Å². The van der Waals surface area contributed by atoms with E-state index < -0.39 is 0 Å². The summed E-state index contributed by atoms with van der Waals surface area (Å²) in [5, 5.41) is 6.61. The Kier molecular flexibility index (Phi) is 5.06. The van der Waals surface area contributed by atoms with Crippen LogP contribution in [0.3, 0.4) is 0 Å². The third kappa shape index (κ3) is 3.67. The maximum absolute atomic E-state index is 13.0. The fourth-order valence-electron chi connectivity index (χ4n) is 6.47. The van der Waals surface area contributed by atoms with Gasteiger partial charge in [0.05, 0.1) is 7.11 Å². The fraction of sp³-hybridized carbons (Fsp3) is 0.696. The zero-order valence-corrected chi connectivity index (χ0v) is 17.2. The highest BCUT2D eigenvalue weighted by Gasteiger charge is 2.54. The van der Waals surface area contributed by atoms with Gasteiger partial charge < -0.3 is 24.8 Å². The lowest BCUT2D eigenvalue weighted by molar-refractivity contribution is -0.146. The van der Waals surface area contributed by atoms with E-state index in [9.17, 15) is 4.79 Å². The van der Waals surface area contributed by atoms with Crippen LogP contribution in [0.2, 0.25) is 0 Å². The number of carbonyl (C=O) groups excluding carboxylic acids is 1. The van der Waals surface area contributed by atoms with Crippen molar-refractivity contribution < 1.29 is 19.0 Å². The molecule has 0 aromatic heterocycles. The zero-order valence-electron chi connectivity index (χ0n) is 17.2. The van der Waals surface area contributed by atoms with Crippen LogP contribution in [0.1, 0.15) is 38.5 Å². The maximum Gasteiger partial charge on any atom is 0.226 e. The van der Waals surface area contributed by atoms with Crippen molar-refractivity contribution in [1.82, 2.24) is 10.6 Å². The second-order valence-electron chi connectivity index (χ2n) is 9.50. The minimum Gasteiger partial charge on any atom is -0.493 e. The number of amides is 1. The third-order valence-corrected chi connectivity index (χ3v) is 7.35. The number of nitrogens with one attached hydrogen (secondary N) is 2. The van der Waals surface area contributed by atoms with Crippen molar-refractivity contribution in [2.45, 2.75) is 44.6 Å². The van der Waals surface area contributed by atoms with Crippen molar-refractivity contribution in [3.05, 3.63) is 18.2 Å². The Morgan fingerprint density at radius 2 is 1.86 bits per heavy atom. The molecule has 1 aliphatic heterocycles. The van der Waals surface area contributed by atoms with E-state index in [1.807, 2.05) is 18.2 Å². The van der Waals surface area contributed by atoms with Crippen LogP contribution in [-0.4, -0.2) is 45.4 Å². The Balaban J connectivity index is 1.06. The molecule has 1 aromatic rings. The molecule has 1 heterocycles. The second kappa shape index (κ2) is 7.71. The number of carbonyl (C=O) groups is 1. The molecule has 158 valence electrons. The van der Waals surface area contributed by atoms with Crippen molar-refractivity contribution in [3.63, 3.8) is 0 Å². The van der Waals surface area contributed by atoms with Crippen molar-refractivity contribution >= 4 is 5.91 Å². The van der Waals surface area contributed by atoms with Gasteiger partial charge in [-0.25, -0.2) is 0 Å². The lowest BCUT2D eigenvalue weighted by atomic mass is 9.49. The van der Waals surface area contributed by atoms with E-state index in [0.29, 0.717) is 37.1 Å². The Hall–Kier alpha value is -1.95. The van der Waals surface area contributed by atoms with Gasteiger partial charge in [-0.3, -0.25) is 4.79 Å².